The summed E-state index contributed by atoms with van der Waals surface area (Å²) in [5, 5.41) is 4.60. The van der Waals surface area contributed by atoms with Crippen LogP contribution in [-0.4, -0.2) is 46.7 Å². The summed E-state index contributed by atoms with van der Waals surface area (Å²) in [6, 6.07) is 5.47. The van der Waals surface area contributed by atoms with E-state index >= 15 is 0 Å². The molecule has 1 aliphatic heterocycles. The quantitative estimate of drug-likeness (QED) is 0.802. The lowest BCUT2D eigenvalue weighted by molar-refractivity contribution is -0.136. The number of nitrogens with zero attached hydrogens (tertiary/aromatic N) is 1. The van der Waals surface area contributed by atoms with Gasteiger partial charge in [0.15, 0.2) is 0 Å². The van der Waals surface area contributed by atoms with Crippen molar-refractivity contribution in [2.45, 2.75) is 13.8 Å². The highest BCUT2D eigenvalue weighted by Crippen LogP contribution is 2.18. The fourth-order valence-corrected chi connectivity index (χ4v) is 2.84. The van der Waals surface area contributed by atoms with Crippen LogP contribution in [0.15, 0.2) is 18.2 Å². The Hall–Kier alpha value is -2.35. The first-order chi connectivity index (χ1) is 10.9. The lowest BCUT2D eigenvalue weighted by Crippen LogP contribution is -2.41. The van der Waals surface area contributed by atoms with Gasteiger partial charge in [-0.15, -0.1) is 0 Å². The van der Waals surface area contributed by atoms with Crippen LogP contribution in [0.3, 0.4) is 0 Å². The maximum absolute atomic E-state index is 11.8. The van der Waals surface area contributed by atoms with Crippen molar-refractivity contribution in [2.24, 2.45) is 0 Å². The molecular formula is C15H17N3O4S. The van der Waals surface area contributed by atoms with Gasteiger partial charge in [0.2, 0.25) is 5.91 Å². The summed E-state index contributed by atoms with van der Waals surface area (Å²) in [4.78, 5) is 47.4. The Morgan fingerprint density at radius 1 is 1.22 bits per heavy atom. The molecule has 1 aliphatic rings. The Bertz CT molecular complexity index is 659. The molecule has 0 atom stereocenters. The first-order valence-corrected chi connectivity index (χ1v) is 8.00. The van der Waals surface area contributed by atoms with Crippen molar-refractivity contribution >= 4 is 40.4 Å². The largest absolute Gasteiger partial charge is 0.346 e. The van der Waals surface area contributed by atoms with Crippen molar-refractivity contribution in [1.82, 2.24) is 10.2 Å². The Morgan fingerprint density at radius 2 is 1.96 bits per heavy atom. The van der Waals surface area contributed by atoms with E-state index in [1.165, 1.54) is 0 Å². The van der Waals surface area contributed by atoms with Gasteiger partial charge in [-0.1, -0.05) is 29.5 Å². The number of carbonyl (C=O) groups excluding carboxylic acids is 4. The standard InChI is InChI=1S/C15H17N3O4S/c1-9-3-4-11(10(2)7-9)17-14(21)13(20)16-5-6-18-12(19)8-23-15(18)22/h3-4,7H,5-6,8H2,1-2H3,(H,16,20)(H,17,21). The van der Waals surface area contributed by atoms with Crippen LogP contribution in [0.25, 0.3) is 0 Å². The zero-order valence-corrected chi connectivity index (χ0v) is 13.7. The molecule has 0 aliphatic carbocycles. The first kappa shape index (κ1) is 17.0. The van der Waals surface area contributed by atoms with Crippen LogP contribution in [0.5, 0.6) is 0 Å². The van der Waals surface area contributed by atoms with E-state index in [1.807, 2.05) is 26.0 Å². The number of amides is 4. The van der Waals surface area contributed by atoms with Crippen LogP contribution in [0.2, 0.25) is 0 Å². The molecule has 23 heavy (non-hydrogen) atoms. The predicted molar refractivity (Wildman–Crippen MR) is 87.1 cm³/mol. The summed E-state index contributed by atoms with van der Waals surface area (Å²) in [5.41, 5.74) is 2.48. The Morgan fingerprint density at radius 3 is 2.57 bits per heavy atom. The van der Waals surface area contributed by atoms with Crippen molar-refractivity contribution in [3.8, 4) is 0 Å². The number of imide groups is 1. The average molecular weight is 335 g/mol. The van der Waals surface area contributed by atoms with E-state index in [0.29, 0.717) is 5.69 Å². The highest BCUT2D eigenvalue weighted by Gasteiger charge is 2.29. The third-order valence-electron chi connectivity index (χ3n) is 3.30. The number of benzene rings is 1. The lowest BCUT2D eigenvalue weighted by Gasteiger charge is -2.13. The number of rotatable bonds is 4. The van der Waals surface area contributed by atoms with Crippen LogP contribution in [0.4, 0.5) is 10.5 Å². The van der Waals surface area contributed by atoms with Crippen molar-refractivity contribution in [1.29, 1.82) is 0 Å². The van der Waals surface area contributed by atoms with E-state index < -0.39 is 11.8 Å². The molecule has 122 valence electrons. The fraction of sp³-hybridized carbons (Fsp3) is 0.333. The number of aryl methyl sites for hydroxylation is 2. The van der Waals surface area contributed by atoms with Gasteiger partial charge in [0.1, 0.15) is 0 Å². The molecule has 0 bridgehead atoms. The molecule has 1 saturated heterocycles. The third-order valence-corrected chi connectivity index (χ3v) is 4.16. The molecule has 8 heteroatoms. The maximum Gasteiger partial charge on any atom is 0.313 e. The molecule has 0 spiro atoms. The van der Waals surface area contributed by atoms with Gasteiger partial charge in [0.25, 0.3) is 5.24 Å². The van der Waals surface area contributed by atoms with Gasteiger partial charge in [0.05, 0.1) is 5.75 Å². The van der Waals surface area contributed by atoms with E-state index in [-0.39, 0.29) is 30.0 Å². The third kappa shape index (κ3) is 4.32. The molecule has 1 heterocycles. The number of hydrogen-bond donors (Lipinski definition) is 2. The highest BCUT2D eigenvalue weighted by atomic mass is 32.2. The Kier molecular flexibility index (Phi) is 5.38. The minimum Gasteiger partial charge on any atom is -0.346 e. The smallest absolute Gasteiger partial charge is 0.313 e. The highest BCUT2D eigenvalue weighted by molar-refractivity contribution is 8.14. The second-order valence-electron chi connectivity index (χ2n) is 5.13. The number of anilines is 1. The summed E-state index contributed by atoms with van der Waals surface area (Å²) >= 11 is 0.929. The van der Waals surface area contributed by atoms with Crippen LogP contribution >= 0.6 is 11.8 Å². The van der Waals surface area contributed by atoms with E-state index in [0.717, 1.165) is 27.8 Å². The number of carbonyl (C=O) groups is 4. The molecule has 1 fully saturated rings. The summed E-state index contributed by atoms with van der Waals surface area (Å²) in [6.07, 6.45) is 0. The van der Waals surface area contributed by atoms with Crippen molar-refractivity contribution in [2.75, 3.05) is 24.2 Å². The second-order valence-corrected chi connectivity index (χ2v) is 6.05. The summed E-state index contributed by atoms with van der Waals surface area (Å²) in [6.45, 7) is 3.87. The molecule has 4 amide bonds. The van der Waals surface area contributed by atoms with Gasteiger partial charge < -0.3 is 10.6 Å². The SMILES string of the molecule is Cc1ccc(NC(=O)C(=O)NCCN2C(=O)CSC2=O)c(C)c1. The van der Waals surface area contributed by atoms with Gasteiger partial charge in [-0.3, -0.25) is 24.1 Å². The monoisotopic (exact) mass is 335 g/mol. The predicted octanol–water partition coefficient (Wildman–Crippen LogP) is 1.05. The van der Waals surface area contributed by atoms with Crippen LogP contribution < -0.4 is 10.6 Å². The van der Waals surface area contributed by atoms with Gasteiger partial charge in [-0.25, -0.2) is 0 Å². The molecule has 0 saturated carbocycles. The normalized spacial score (nSPS) is 14.1. The molecule has 2 N–H and O–H groups in total. The molecule has 0 radical (unpaired) electrons. The van der Waals surface area contributed by atoms with Gasteiger partial charge in [-0.2, -0.15) is 0 Å². The Balaban J connectivity index is 1.82. The minimum absolute atomic E-state index is 0.0389. The van der Waals surface area contributed by atoms with Crippen molar-refractivity contribution < 1.29 is 19.2 Å². The van der Waals surface area contributed by atoms with Crippen LogP contribution in [0, 0.1) is 13.8 Å². The molecular weight excluding hydrogens is 318 g/mol. The van der Waals surface area contributed by atoms with Gasteiger partial charge >= 0.3 is 11.8 Å². The number of nitrogens with one attached hydrogen (secondary N) is 2. The van der Waals surface area contributed by atoms with E-state index in [4.69, 9.17) is 0 Å². The molecule has 7 nitrogen and oxygen atoms in total. The second kappa shape index (κ2) is 7.28. The summed E-state index contributed by atoms with van der Waals surface area (Å²) in [7, 11) is 0. The minimum atomic E-state index is -0.809. The molecule has 2 rings (SSSR count). The van der Waals surface area contributed by atoms with Crippen LogP contribution in [0.1, 0.15) is 11.1 Å². The van der Waals surface area contributed by atoms with E-state index in [9.17, 15) is 19.2 Å². The van der Waals surface area contributed by atoms with Crippen molar-refractivity contribution in [3.63, 3.8) is 0 Å². The topological polar surface area (TPSA) is 95.6 Å². The molecule has 1 aromatic rings. The number of hydrogen-bond acceptors (Lipinski definition) is 5. The van der Waals surface area contributed by atoms with Crippen LogP contribution in [-0.2, 0) is 14.4 Å². The van der Waals surface area contributed by atoms with E-state index in [1.54, 1.807) is 6.07 Å². The molecule has 0 unspecified atom stereocenters. The first-order valence-electron chi connectivity index (χ1n) is 7.02. The van der Waals surface area contributed by atoms with Gasteiger partial charge in [0, 0.05) is 18.8 Å². The molecule has 0 aromatic heterocycles. The zero-order valence-electron chi connectivity index (χ0n) is 12.8. The molecule has 1 aromatic carbocycles. The summed E-state index contributed by atoms with van der Waals surface area (Å²) in [5.74, 6) is -1.75. The zero-order chi connectivity index (χ0) is 17.0. The lowest BCUT2D eigenvalue weighted by atomic mass is 10.1. The van der Waals surface area contributed by atoms with Gasteiger partial charge in [-0.05, 0) is 25.5 Å². The fourth-order valence-electron chi connectivity index (χ4n) is 2.09. The maximum atomic E-state index is 11.8. The van der Waals surface area contributed by atoms with Crippen molar-refractivity contribution in [3.05, 3.63) is 29.3 Å². The average Bonchev–Trinajstić information content (AvgIpc) is 2.81. The number of thioether (sulfide) groups is 1. The summed E-state index contributed by atoms with van der Waals surface area (Å²) < 4.78 is 0. The van der Waals surface area contributed by atoms with E-state index in [2.05, 4.69) is 10.6 Å². The Labute approximate surface area is 137 Å².